The van der Waals surface area contributed by atoms with E-state index in [0.29, 0.717) is 38.0 Å². The Kier molecular flexibility index (Phi) is 6.36. The molecule has 1 aliphatic carbocycles. The van der Waals surface area contributed by atoms with E-state index in [1.54, 1.807) is 10.7 Å². The zero-order valence-corrected chi connectivity index (χ0v) is 18.4. The minimum absolute atomic E-state index is 0.0812. The first-order valence-electron chi connectivity index (χ1n) is 11.1. The van der Waals surface area contributed by atoms with E-state index in [1.165, 1.54) is 12.3 Å². The summed E-state index contributed by atoms with van der Waals surface area (Å²) in [7, 11) is 0. The van der Waals surface area contributed by atoms with Crippen molar-refractivity contribution in [2.75, 3.05) is 18.4 Å². The van der Waals surface area contributed by atoms with Gasteiger partial charge >= 0.3 is 6.18 Å². The molecule has 2 amide bonds. The number of benzene rings is 1. The number of likely N-dealkylation sites (tertiary alicyclic amines) is 1. The first-order chi connectivity index (χ1) is 16.1. The number of nitrogens with two attached hydrogens (primary N) is 1. The van der Waals surface area contributed by atoms with Gasteiger partial charge in [-0.25, -0.2) is 0 Å². The number of nitrogens with one attached hydrogen (secondary N) is 1. The summed E-state index contributed by atoms with van der Waals surface area (Å²) in [5, 5.41) is 16.6. The number of carbonyl (C=O) groups excluding carboxylic acids is 2. The second-order valence-corrected chi connectivity index (χ2v) is 9.00. The predicted molar refractivity (Wildman–Crippen MR) is 116 cm³/mol. The Morgan fingerprint density at radius 1 is 1.26 bits per heavy atom. The van der Waals surface area contributed by atoms with E-state index in [2.05, 4.69) is 16.5 Å². The van der Waals surface area contributed by atoms with Gasteiger partial charge in [-0.3, -0.25) is 19.2 Å². The van der Waals surface area contributed by atoms with Crippen molar-refractivity contribution in [3.63, 3.8) is 0 Å². The number of carbonyl (C=O) groups is 2. The van der Waals surface area contributed by atoms with E-state index in [9.17, 15) is 28.0 Å². The smallest absolute Gasteiger partial charge is 0.365 e. The molecule has 1 aromatic carbocycles. The zero-order valence-electron chi connectivity index (χ0n) is 18.4. The summed E-state index contributed by atoms with van der Waals surface area (Å²) in [4.78, 5) is 26.2. The van der Waals surface area contributed by atoms with Gasteiger partial charge in [-0.05, 0) is 37.3 Å². The highest BCUT2D eigenvalue weighted by atomic mass is 19.4. The average Bonchev–Trinajstić information content (AvgIpc) is 3.55. The number of nitrogens with zero attached hydrogens (tertiary/aromatic N) is 4. The highest BCUT2D eigenvalue weighted by Crippen LogP contribution is 2.36. The van der Waals surface area contributed by atoms with E-state index >= 15 is 0 Å². The molecule has 3 N–H and O–H groups in total. The van der Waals surface area contributed by atoms with E-state index in [4.69, 9.17) is 5.73 Å². The summed E-state index contributed by atoms with van der Waals surface area (Å²) in [6.07, 6.45) is -0.225. The number of amides is 2. The van der Waals surface area contributed by atoms with Crippen LogP contribution in [0.15, 0.2) is 30.5 Å². The molecule has 1 saturated heterocycles. The molecule has 2 fully saturated rings. The molecule has 0 unspecified atom stereocenters. The van der Waals surface area contributed by atoms with Crippen LogP contribution in [0.4, 0.5) is 19.0 Å². The van der Waals surface area contributed by atoms with Gasteiger partial charge in [-0.2, -0.15) is 23.5 Å². The van der Waals surface area contributed by atoms with Gasteiger partial charge < -0.3 is 11.1 Å². The van der Waals surface area contributed by atoms with Crippen molar-refractivity contribution in [3.8, 4) is 6.07 Å². The molecule has 2 aromatic rings. The second kappa shape index (κ2) is 9.10. The van der Waals surface area contributed by atoms with Crippen molar-refractivity contribution in [2.45, 2.75) is 50.4 Å². The summed E-state index contributed by atoms with van der Waals surface area (Å²) in [6, 6.07) is 7.44. The number of rotatable bonds is 7. The lowest BCUT2D eigenvalue weighted by Gasteiger charge is -2.40. The molecule has 1 aliphatic heterocycles. The maximum Gasteiger partial charge on any atom is 0.416 e. The largest absolute Gasteiger partial charge is 0.416 e. The van der Waals surface area contributed by atoms with Crippen LogP contribution in [-0.2, 0) is 23.1 Å². The number of halogens is 3. The van der Waals surface area contributed by atoms with Crippen LogP contribution >= 0.6 is 0 Å². The third-order valence-electron chi connectivity index (χ3n) is 6.51. The first-order valence-corrected chi connectivity index (χ1v) is 11.1. The number of aromatic nitrogens is 2. The van der Waals surface area contributed by atoms with Crippen LogP contribution in [-0.4, -0.2) is 39.6 Å². The van der Waals surface area contributed by atoms with Gasteiger partial charge in [0.05, 0.1) is 23.6 Å². The number of anilines is 1. The van der Waals surface area contributed by atoms with Crippen LogP contribution in [0.2, 0.25) is 0 Å². The van der Waals surface area contributed by atoms with Crippen molar-refractivity contribution in [2.24, 2.45) is 11.7 Å². The maximum absolute atomic E-state index is 13.0. The van der Waals surface area contributed by atoms with Crippen molar-refractivity contribution in [1.29, 1.82) is 5.26 Å². The molecule has 11 heteroatoms. The molecule has 0 bridgehead atoms. The molecule has 8 nitrogen and oxygen atoms in total. The Balaban J connectivity index is 1.50. The fraction of sp³-hybridized carbons (Fsp3) is 0.478. The number of alkyl halides is 3. The Labute approximate surface area is 194 Å². The molecule has 2 heterocycles. The highest BCUT2D eigenvalue weighted by molar-refractivity contribution is 6.02. The van der Waals surface area contributed by atoms with Gasteiger partial charge in [-0.15, -0.1) is 0 Å². The molecule has 4 rings (SSSR count). The molecule has 0 spiro atoms. The lowest BCUT2D eigenvalue weighted by atomic mass is 9.84. The minimum atomic E-state index is -4.40. The lowest BCUT2D eigenvalue weighted by molar-refractivity contribution is -0.137. The summed E-state index contributed by atoms with van der Waals surface area (Å²) in [6.45, 7) is 1.39. The quantitative estimate of drug-likeness (QED) is 0.639. The summed E-state index contributed by atoms with van der Waals surface area (Å²) >= 11 is 0. The highest BCUT2D eigenvalue weighted by Gasteiger charge is 2.39. The molecule has 0 radical (unpaired) electrons. The third-order valence-corrected chi connectivity index (χ3v) is 6.51. The standard InChI is InChI=1S/C23H25F3N6O2/c24-23(25,26)17-3-1-2-15(12-17)13-31-10-7-22(6-9-27,8-11-31)32-14-18(19(28)33)20(30-32)29-21(34)16-4-5-16/h1-3,12,14,16H,4-8,10-11,13H2,(H2,28,33)(H,29,30,34). The maximum atomic E-state index is 13.0. The van der Waals surface area contributed by atoms with Gasteiger partial charge in [0.1, 0.15) is 5.56 Å². The van der Waals surface area contributed by atoms with E-state index < -0.39 is 23.2 Å². The normalized spacial score (nSPS) is 18.3. The molecule has 1 aromatic heterocycles. The number of primary amides is 1. The zero-order chi connectivity index (χ0) is 24.5. The number of hydrogen-bond donors (Lipinski definition) is 2. The number of hydrogen-bond acceptors (Lipinski definition) is 5. The van der Waals surface area contributed by atoms with Gasteiger partial charge in [0.15, 0.2) is 5.82 Å². The Morgan fingerprint density at radius 2 is 1.97 bits per heavy atom. The van der Waals surface area contributed by atoms with Crippen LogP contribution < -0.4 is 11.1 Å². The fourth-order valence-corrected chi connectivity index (χ4v) is 4.32. The topological polar surface area (TPSA) is 117 Å². The predicted octanol–water partition coefficient (Wildman–Crippen LogP) is 3.25. The Morgan fingerprint density at radius 3 is 2.56 bits per heavy atom. The number of nitriles is 1. The van der Waals surface area contributed by atoms with Gasteiger partial charge in [0, 0.05) is 31.7 Å². The second-order valence-electron chi connectivity index (χ2n) is 9.00. The first kappa shape index (κ1) is 23.8. The van der Waals surface area contributed by atoms with Crippen LogP contribution in [0.25, 0.3) is 0 Å². The number of piperidine rings is 1. The molecule has 0 atom stereocenters. The van der Waals surface area contributed by atoms with E-state index in [0.717, 1.165) is 25.0 Å². The molecule has 2 aliphatic rings. The Hall–Kier alpha value is -3.39. The minimum Gasteiger partial charge on any atom is -0.365 e. The van der Waals surface area contributed by atoms with E-state index in [-0.39, 0.29) is 29.6 Å². The Bertz CT molecular complexity index is 1120. The van der Waals surface area contributed by atoms with Gasteiger partial charge in [0.2, 0.25) is 5.91 Å². The van der Waals surface area contributed by atoms with Crippen LogP contribution in [0.5, 0.6) is 0 Å². The molecule has 34 heavy (non-hydrogen) atoms. The van der Waals surface area contributed by atoms with Crippen molar-refractivity contribution in [3.05, 3.63) is 47.2 Å². The third kappa shape index (κ3) is 5.07. The molecular formula is C23H25F3N6O2. The average molecular weight is 474 g/mol. The van der Waals surface area contributed by atoms with Crippen molar-refractivity contribution >= 4 is 17.6 Å². The molecular weight excluding hydrogens is 449 g/mol. The van der Waals surface area contributed by atoms with Crippen LogP contribution in [0.1, 0.15) is 53.6 Å². The summed E-state index contributed by atoms with van der Waals surface area (Å²) < 4.78 is 40.6. The molecule has 180 valence electrons. The van der Waals surface area contributed by atoms with Crippen LogP contribution in [0, 0.1) is 17.2 Å². The van der Waals surface area contributed by atoms with Crippen molar-refractivity contribution < 1.29 is 22.8 Å². The summed E-state index contributed by atoms with van der Waals surface area (Å²) in [5.41, 5.74) is 4.74. The van der Waals surface area contributed by atoms with Gasteiger partial charge in [0.25, 0.3) is 5.91 Å². The molecule has 1 saturated carbocycles. The monoisotopic (exact) mass is 474 g/mol. The van der Waals surface area contributed by atoms with Gasteiger partial charge in [-0.1, -0.05) is 18.2 Å². The SMILES string of the molecule is N#CCC1(n2cc(C(N)=O)c(NC(=O)C3CC3)n2)CCN(Cc2cccc(C(F)(F)F)c2)CC1. The van der Waals surface area contributed by atoms with Crippen LogP contribution in [0.3, 0.4) is 0 Å². The van der Waals surface area contributed by atoms with Crippen molar-refractivity contribution in [1.82, 2.24) is 14.7 Å². The lowest BCUT2D eigenvalue weighted by Crippen LogP contribution is -2.46. The fourth-order valence-electron chi connectivity index (χ4n) is 4.32. The van der Waals surface area contributed by atoms with E-state index in [1.807, 2.05) is 4.90 Å². The summed E-state index contributed by atoms with van der Waals surface area (Å²) in [5.74, 6) is -0.935.